The first-order chi connectivity index (χ1) is 11.3. The van der Waals surface area contributed by atoms with Gasteiger partial charge in [0.2, 0.25) is 0 Å². The lowest BCUT2D eigenvalue weighted by Gasteiger charge is -2.36. The van der Waals surface area contributed by atoms with E-state index in [0.717, 1.165) is 36.8 Å². The summed E-state index contributed by atoms with van der Waals surface area (Å²) in [5, 5.41) is 19.7. The Hall–Kier alpha value is -2.03. The predicted octanol–water partition coefficient (Wildman–Crippen LogP) is 5.88. The lowest BCUT2D eigenvalue weighted by molar-refractivity contribution is 0.371. The second-order valence-corrected chi connectivity index (χ2v) is 7.06. The van der Waals surface area contributed by atoms with Crippen LogP contribution in [0.1, 0.15) is 63.5 Å². The minimum atomic E-state index is -0.349. The summed E-state index contributed by atoms with van der Waals surface area (Å²) in [5.41, 5.74) is 1.46. The molecule has 0 bridgehead atoms. The number of benzene rings is 2. The fourth-order valence-corrected chi connectivity index (χ4v) is 3.43. The summed E-state index contributed by atoms with van der Waals surface area (Å²) in [6.45, 7) is 6.33. The Balaban J connectivity index is 2.43. The second-order valence-electron chi connectivity index (χ2n) is 7.06. The van der Waals surface area contributed by atoms with Gasteiger partial charge < -0.3 is 10.2 Å². The van der Waals surface area contributed by atoms with E-state index in [1.165, 1.54) is 12.1 Å². The predicted molar refractivity (Wildman–Crippen MR) is 96.1 cm³/mol. The average molecular weight is 330 g/mol. The molecule has 0 saturated carbocycles. The molecule has 1 atom stereocenters. The summed E-state index contributed by atoms with van der Waals surface area (Å²) in [7, 11) is 0. The van der Waals surface area contributed by atoms with Crippen molar-refractivity contribution in [3.63, 3.8) is 0 Å². The molecule has 0 aromatic heterocycles. The minimum absolute atomic E-state index is 0.0459. The van der Waals surface area contributed by atoms with Gasteiger partial charge in [0.05, 0.1) is 0 Å². The Labute approximate surface area is 144 Å². The summed E-state index contributed by atoms with van der Waals surface area (Å²) in [5.74, 6) is -0.0438. The Morgan fingerprint density at radius 2 is 1.67 bits per heavy atom. The van der Waals surface area contributed by atoms with Crippen LogP contribution in [0.15, 0.2) is 42.5 Å². The van der Waals surface area contributed by atoms with Crippen molar-refractivity contribution in [3.05, 3.63) is 59.4 Å². The van der Waals surface area contributed by atoms with E-state index in [1.807, 2.05) is 6.07 Å². The van der Waals surface area contributed by atoms with Crippen molar-refractivity contribution in [2.75, 3.05) is 0 Å². The number of unbranched alkanes of at least 4 members (excludes halogenated alkanes) is 2. The van der Waals surface area contributed by atoms with Gasteiger partial charge in [-0.25, -0.2) is 4.39 Å². The summed E-state index contributed by atoms with van der Waals surface area (Å²) < 4.78 is 13.8. The van der Waals surface area contributed by atoms with Crippen LogP contribution < -0.4 is 0 Å². The number of phenols is 2. The van der Waals surface area contributed by atoms with Crippen molar-refractivity contribution in [3.8, 4) is 11.5 Å². The number of phenolic OH excluding ortho intramolecular Hbond substituents is 2. The maximum absolute atomic E-state index is 13.8. The van der Waals surface area contributed by atoms with Gasteiger partial charge in [-0.2, -0.15) is 0 Å². The van der Waals surface area contributed by atoms with Gasteiger partial charge in [0.1, 0.15) is 17.3 Å². The Morgan fingerprint density at radius 3 is 2.25 bits per heavy atom. The van der Waals surface area contributed by atoms with E-state index in [9.17, 15) is 14.6 Å². The van der Waals surface area contributed by atoms with E-state index in [2.05, 4.69) is 20.8 Å². The standard InChI is InChI=1S/C21H27FO2/c1-4-5-6-10-20(15-8-7-9-17(22)11-15)21(2,3)16-12-18(23)14-19(24)13-16/h7-9,11-14,20,23-24H,4-6,10H2,1-3H3. The summed E-state index contributed by atoms with van der Waals surface area (Å²) in [6, 6.07) is 11.5. The van der Waals surface area contributed by atoms with Gasteiger partial charge in [-0.15, -0.1) is 0 Å². The van der Waals surface area contributed by atoms with Crippen molar-refractivity contribution < 1.29 is 14.6 Å². The number of halogens is 1. The first kappa shape index (κ1) is 18.3. The quantitative estimate of drug-likeness (QED) is 0.622. The maximum Gasteiger partial charge on any atom is 0.123 e. The molecule has 2 nitrogen and oxygen atoms in total. The normalized spacial score (nSPS) is 13.0. The van der Waals surface area contributed by atoms with Crippen molar-refractivity contribution >= 4 is 0 Å². The van der Waals surface area contributed by atoms with Gasteiger partial charge >= 0.3 is 0 Å². The Bertz CT molecular complexity index is 659. The minimum Gasteiger partial charge on any atom is -0.508 e. The first-order valence-electron chi connectivity index (χ1n) is 8.63. The van der Waals surface area contributed by atoms with E-state index in [1.54, 1.807) is 24.3 Å². The molecule has 1 unspecified atom stereocenters. The highest BCUT2D eigenvalue weighted by molar-refractivity contribution is 5.42. The molecule has 2 aromatic rings. The monoisotopic (exact) mass is 330 g/mol. The van der Waals surface area contributed by atoms with Crippen LogP contribution in [0.4, 0.5) is 4.39 Å². The SMILES string of the molecule is CCCCCC(c1cccc(F)c1)C(C)(C)c1cc(O)cc(O)c1. The third-order valence-electron chi connectivity index (χ3n) is 4.87. The van der Waals surface area contributed by atoms with E-state index >= 15 is 0 Å². The molecule has 2 rings (SSSR count). The van der Waals surface area contributed by atoms with Gasteiger partial charge in [0, 0.05) is 6.07 Å². The Morgan fingerprint density at radius 1 is 1.00 bits per heavy atom. The van der Waals surface area contributed by atoms with E-state index in [0.29, 0.717) is 0 Å². The van der Waals surface area contributed by atoms with E-state index in [4.69, 9.17) is 0 Å². The molecule has 2 N–H and O–H groups in total. The van der Waals surface area contributed by atoms with Crippen LogP contribution in [0.5, 0.6) is 11.5 Å². The highest BCUT2D eigenvalue weighted by Crippen LogP contribution is 2.43. The number of hydrogen-bond donors (Lipinski definition) is 2. The smallest absolute Gasteiger partial charge is 0.123 e. The fourth-order valence-electron chi connectivity index (χ4n) is 3.43. The molecule has 0 spiro atoms. The van der Waals surface area contributed by atoms with Crippen molar-refractivity contribution in [1.29, 1.82) is 0 Å². The van der Waals surface area contributed by atoms with Crippen LogP contribution in [0.25, 0.3) is 0 Å². The lowest BCUT2D eigenvalue weighted by Crippen LogP contribution is -2.27. The molecule has 0 heterocycles. The molecule has 0 saturated heterocycles. The zero-order valence-corrected chi connectivity index (χ0v) is 14.7. The maximum atomic E-state index is 13.8. The molecular formula is C21H27FO2. The summed E-state index contributed by atoms with van der Waals surface area (Å²) >= 11 is 0. The molecule has 0 aliphatic rings. The molecular weight excluding hydrogens is 303 g/mol. The van der Waals surface area contributed by atoms with Crippen LogP contribution >= 0.6 is 0 Å². The van der Waals surface area contributed by atoms with E-state index < -0.39 is 0 Å². The van der Waals surface area contributed by atoms with Crippen molar-refractivity contribution in [2.45, 2.75) is 57.8 Å². The van der Waals surface area contributed by atoms with Crippen molar-refractivity contribution in [2.24, 2.45) is 0 Å². The van der Waals surface area contributed by atoms with Gasteiger partial charge in [0.25, 0.3) is 0 Å². The summed E-state index contributed by atoms with van der Waals surface area (Å²) in [6.07, 6.45) is 4.25. The van der Waals surface area contributed by atoms with Gasteiger partial charge in [-0.05, 0) is 53.1 Å². The average Bonchev–Trinajstić information content (AvgIpc) is 2.50. The van der Waals surface area contributed by atoms with Crippen LogP contribution in [0.3, 0.4) is 0 Å². The lowest BCUT2D eigenvalue weighted by atomic mass is 9.68. The third kappa shape index (κ3) is 4.28. The molecule has 0 radical (unpaired) electrons. The Kier molecular flexibility index (Phi) is 5.87. The van der Waals surface area contributed by atoms with Crippen LogP contribution in [0.2, 0.25) is 0 Å². The molecule has 0 aliphatic heterocycles. The van der Waals surface area contributed by atoms with Crippen LogP contribution in [-0.4, -0.2) is 10.2 Å². The molecule has 130 valence electrons. The zero-order valence-electron chi connectivity index (χ0n) is 14.7. The largest absolute Gasteiger partial charge is 0.508 e. The highest BCUT2D eigenvalue weighted by Gasteiger charge is 2.33. The molecule has 0 fully saturated rings. The van der Waals surface area contributed by atoms with Gasteiger partial charge in [-0.3, -0.25) is 0 Å². The third-order valence-corrected chi connectivity index (χ3v) is 4.87. The number of aromatic hydroxyl groups is 2. The zero-order chi connectivity index (χ0) is 17.7. The molecule has 0 aliphatic carbocycles. The first-order valence-corrected chi connectivity index (χ1v) is 8.63. The number of hydrogen-bond acceptors (Lipinski definition) is 2. The van der Waals surface area contributed by atoms with Crippen molar-refractivity contribution in [1.82, 2.24) is 0 Å². The molecule has 0 amide bonds. The topological polar surface area (TPSA) is 40.5 Å². The van der Waals surface area contributed by atoms with Crippen LogP contribution in [-0.2, 0) is 5.41 Å². The van der Waals surface area contributed by atoms with Crippen LogP contribution in [0, 0.1) is 5.82 Å². The number of rotatable bonds is 7. The highest BCUT2D eigenvalue weighted by atomic mass is 19.1. The molecule has 24 heavy (non-hydrogen) atoms. The van der Waals surface area contributed by atoms with Gasteiger partial charge in [0.15, 0.2) is 0 Å². The molecule has 2 aromatic carbocycles. The fraction of sp³-hybridized carbons (Fsp3) is 0.429. The summed E-state index contributed by atoms with van der Waals surface area (Å²) in [4.78, 5) is 0. The second kappa shape index (κ2) is 7.69. The molecule has 3 heteroatoms. The van der Waals surface area contributed by atoms with E-state index in [-0.39, 0.29) is 28.6 Å². The van der Waals surface area contributed by atoms with Gasteiger partial charge in [-0.1, -0.05) is 52.2 Å².